The van der Waals surface area contributed by atoms with E-state index < -0.39 is 11.8 Å². The summed E-state index contributed by atoms with van der Waals surface area (Å²) in [5.41, 5.74) is -0.578. The molecule has 0 aromatic carbocycles. The van der Waals surface area contributed by atoms with Crippen LogP contribution in [0.3, 0.4) is 0 Å². The van der Waals surface area contributed by atoms with Crippen molar-refractivity contribution in [1.82, 2.24) is 0 Å². The summed E-state index contributed by atoms with van der Waals surface area (Å²) < 4.78 is 4.35. The molecule has 0 aromatic rings. The van der Waals surface area contributed by atoms with Gasteiger partial charge >= 0.3 is 25.0 Å². The Morgan fingerprint density at radius 2 is 1.89 bits per heavy atom. The number of rotatable bonds is 0. The van der Waals surface area contributed by atoms with Gasteiger partial charge in [-0.25, -0.2) is 4.79 Å². The van der Waals surface area contributed by atoms with E-state index in [1.165, 1.54) is 0 Å². The Kier molecular flexibility index (Phi) is 4.93. The summed E-state index contributed by atoms with van der Waals surface area (Å²) >= 11 is 0. The second-order valence-corrected chi connectivity index (χ2v) is 2.48. The smallest absolute Gasteiger partial charge is 1.00 e. The van der Waals surface area contributed by atoms with Gasteiger partial charge in [-0.3, -0.25) is 0 Å². The third kappa shape index (κ3) is 11.4. The van der Waals surface area contributed by atoms with Gasteiger partial charge in [0.05, 0.1) is 0 Å². The molecule has 0 atom stereocenters. The van der Waals surface area contributed by atoms with Crippen molar-refractivity contribution < 1.29 is 34.9 Å². The third-order valence-electron chi connectivity index (χ3n) is 0.393. The molecule has 0 aliphatic carbocycles. The van der Waals surface area contributed by atoms with E-state index in [1.54, 1.807) is 20.8 Å². The molecule has 0 aliphatic heterocycles. The van der Waals surface area contributed by atoms with Crippen LogP contribution >= 0.6 is 0 Å². The number of ether oxygens (including phenoxy) is 1. The van der Waals surface area contributed by atoms with Crippen molar-refractivity contribution in [2.75, 3.05) is 0 Å². The van der Waals surface area contributed by atoms with Crippen LogP contribution in [0.4, 0.5) is 4.79 Å². The Morgan fingerprint density at radius 1 is 1.56 bits per heavy atom. The average Bonchev–Trinajstić information content (AvgIpc) is 1.21. The van der Waals surface area contributed by atoms with Gasteiger partial charge in [-0.05, 0) is 20.8 Å². The molecule has 50 valence electrons. The zero-order chi connectivity index (χ0) is 6.78. The Balaban J connectivity index is -0.000000245. The summed E-state index contributed by atoms with van der Waals surface area (Å²) in [6.07, 6.45) is -1.22. The molecule has 0 unspecified atom stereocenters. The van der Waals surface area contributed by atoms with Gasteiger partial charge in [-0.2, -0.15) is 0 Å². The number of carbonyl (C=O) groups is 1. The normalized spacial score (nSPS) is 9.67. The first-order valence-electron chi connectivity index (χ1n) is 2.34. The molecule has 0 saturated heterocycles. The van der Waals surface area contributed by atoms with Crippen molar-refractivity contribution in [1.29, 1.82) is 0 Å². The zero-order valence-corrected chi connectivity index (χ0v) is 6.26. The summed E-state index contributed by atoms with van der Waals surface area (Å²) in [6.45, 7) is 5.04. The van der Waals surface area contributed by atoms with Crippen LogP contribution in [0, 0.1) is 0 Å². The van der Waals surface area contributed by atoms with Crippen molar-refractivity contribution in [3.8, 4) is 0 Å². The molecule has 0 saturated carbocycles. The van der Waals surface area contributed by atoms with Crippen LogP contribution in [0.15, 0.2) is 0 Å². The zero-order valence-electron chi connectivity index (χ0n) is 7.26. The van der Waals surface area contributed by atoms with Gasteiger partial charge in [0, 0.05) is 0 Å². The maximum atomic E-state index is 9.79. The molecule has 0 heterocycles. The predicted octanol–water partition coefficient (Wildman–Crippen LogP) is -1.40. The minimum atomic E-state index is -1.22. The van der Waals surface area contributed by atoms with Crippen molar-refractivity contribution in [2.24, 2.45) is 0 Å². The Morgan fingerprint density at radius 3 is 1.89 bits per heavy atom. The molecular formula is C5H11LiO3. The van der Waals surface area contributed by atoms with Crippen LogP contribution in [0.1, 0.15) is 22.2 Å². The summed E-state index contributed by atoms with van der Waals surface area (Å²) in [5, 5.41) is 8.03. The first-order valence-corrected chi connectivity index (χ1v) is 2.34. The van der Waals surface area contributed by atoms with Crippen LogP contribution in [-0.4, -0.2) is 16.9 Å². The van der Waals surface area contributed by atoms with Crippen LogP contribution in [-0.2, 0) is 4.74 Å². The monoisotopic (exact) mass is 126 g/mol. The molecule has 0 bridgehead atoms. The summed E-state index contributed by atoms with van der Waals surface area (Å²) in [5.74, 6) is 0. The van der Waals surface area contributed by atoms with Crippen LogP contribution in [0.2, 0.25) is 0 Å². The maximum Gasteiger partial charge on any atom is 1.00 e. The Bertz CT molecular complexity index is 99.6. The van der Waals surface area contributed by atoms with E-state index >= 15 is 0 Å². The van der Waals surface area contributed by atoms with Gasteiger partial charge in [0.2, 0.25) is 0 Å². The topological polar surface area (TPSA) is 46.5 Å². The molecule has 0 aliphatic rings. The van der Waals surface area contributed by atoms with Gasteiger partial charge < -0.3 is 11.3 Å². The molecule has 0 fully saturated rings. The van der Waals surface area contributed by atoms with E-state index in [2.05, 4.69) is 4.74 Å². The molecule has 9 heavy (non-hydrogen) atoms. The molecule has 0 spiro atoms. The minimum Gasteiger partial charge on any atom is -1.00 e. The third-order valence-corrected chi connectivity index (χ3v) is 0.393. The van der Waals surface area contributed by atoms with Crippen molar-refractivity contribution in [2.45, 2.75) is 26.4 Å². The maximum absolute atomic E-state index is 9.79. The first-order chi connectivity index (χ1) is 3.42. The van der Waals surface area contributed by atoms with E-state index in [9.17, 15) is 4.79 Å². The fraction of sp³-hybridized carbons (Fsp3) is 0.800. The average molecular weight is 126 g/mol. The van der Waals surface area contributed by atoms with Crippen molar-refractivity contribution in [3.63, 3.8) is 0 Å². The van der Waals surface area contributed by atoms with E-state index in [-0.39, 0.29) is 20.3 Å². The van der Waals surface area contributed by atoms with E-state index in [0.29, 0.717) is 0 Å². The number of carboxylic acid groups (broad SMARTS) is 1. The predicted molar refractivity (Wildman–Crippen MR) is 30.0 cm³/mol. The van der Waals surface area contributed by atoms with Gasteiger partial charge in [0.1, 0.15) is 5.60 Å². The van der Waals surface area contributed by atoms with E-state index in [0.717, 1.165) is 0 Å². The molecular weight excluding hydrogens is 115 g/mol. The standard InChI is InChI=1S/C5H10O3.Li.H/c1-5(2,3)8-4(6)7;;/h1-3H3,(H,6,7);;/q;+1;-1. The molecule has 3 nitrogen and oxygen atoms in total. The van der Waals surface area contributed by atoms with Gasteiger partial charge in [0.15, 0.2) is 0 Å². The van der Waals surface area contributed by atoms with Gasteiger partial charge in [-0.15, -0.1) is 0 Å². The molecule has 0 radical (unpaired) electrons. The van der Waals surface area contributed by atoms with Crippen molar-refractivity contribution >= 4 is 6.16 Å². The molecule has 0 aromatic heterocycles. The minimum absolute atomic E-state index is 0. The fourth-order valence-electron chi connectivity index (χ4n) is 0.262. The molecule has 4 heteroatoms. The number of hydrogen-bond acceptors (Lipinski definition) is 2. The van der Waals surface area contributed by atoms with E-state index in [1.807, 2.05) is 0 Å². The van der Waals surface area contributed by atoms with Crippen LogP contribution in [0.5, 0.6) is 0 Å². The first kappa shape index (κ1) is 11.6. The molecule has 0 rings (SSSR count). The van der Waals surface area contributed by atoms with Gasteiger partial charge in [-0.1, -0.05) is 0 Å². The number of hydrogen-bond donors (Lipinski definition) is 1. The Labute approximate surface area is 68.1 Å². The van der Waals surface area contributed by atoms with E-state index in [4.69, 9.17) is 5.11 Å². The summed E-state index contributed by atoms with van der Waals surface area (Å²) in [7, 11) is 0. The quantitative estimate of drug-likeness (QED) is 0.320. The fourth-order valence-corrected chi connectivity index (χ4v) is 0.262. The largest absolute Gasteiger partial charge is 1.00 e. The summed E-state index contributed by atoms with van der Waals surface area (Å²) in [6, 6.07) is 0. The molecule has 1 N–H and O–H groups in total. The second kappa shape index (κ2) is 3.81. The van der Waals surface area contributed by atoms with Crippen LogP contribution in [0.25, 0.3) is 0 Å². The van der Waals surface area contributed by atoms with Gasteiger partial charge in [0.25, 0.3) is 0 Å². The second-order valence-electron chi connectivity index (χ2n) is 2.48. The Hall–Kier alpha value is -0.133. The van der Waals surface area contributed by atoms with Crippen LogP contribution < -0.4 is 18.9 Å². The molecule has 0 amide bonds. The summed E-state index contributed by atoms with van der Waals surface area (Å²) in [4.78, 5) is 9.79. The SMILES string of the molecule is CC(C)(C)OC(=O)O.[H-].[Li+]. The van der Waals surface area contributed by atoms with Crippen molar-refractivity contribution in [3.05, 3.63) is 0 Å².